The van der Waals surface area contributed by atoms with Crippen LogP contribution in [0.25, 0.3) is 0 Å². The molecule has 0 aromatic heterocycles. The summed E-state index contributed by atoms with van der Waals surface area (Å²) in [5, 5.41) is 0. The summed E-state index contributed by atoms with van der Waals surface area (Å²) < 4.78 is 0. The molecule has 86 valence electrons. The Hall–Kier alpha value is -1.38. The van der Waals surface area contributed by atoms with Gasteiger partial charge in [0.25, 0.3) is 0 Å². The molecule has 0 radical (unpaired) electrons. The number of carbonyl (C=O) groups is 2. The minimum atomic E-state index is -0.309. The molecule has 0 bridgehead atoms. The zero-order valence-electron chi connectivity index (χ0n) is 9.88. The van der Waals surface area contributed by atoms with Crippen molar-refractivity contribution in [2.75, 3.05) is 0 Å². The molecule has 0 aliphatic heterocycles. The predicted octanol–water partition coefficient (Wildman–Crippen LogP) is 2.37. The molecule has 0 saturated carbocycles. The molecule has 0 saturated heterocycles. The van der Waals surface area contributed by atoms with Gasteiger partial charge in [-0.25, -0.2) is 0 Å². The van der Waals surface area contributed by atoms with Crippen LogP contribution in [-0.4, -0.2) is 11.7 Å². The molecule has 0 rings (SSSR count). The van der Waals surface area contributed by atoms with E-state index in [2.05, 4.69) is 13.5 Å². The molecule has 0 spiro atoms. The van der Waals surface area contributed by atoms with Gasteiger partial charge in [0.15, 0.2) is 5.78 Å². The molecule has 15 heavy (non-hydrogen) atoms. The van der Waals surface area contributed by atoms with E-state index in [-0.39, 0.29) is 11.7 Å². The van der Waals surface area contributed by atoms with Gasteiger partial charge in [0.1, 0.15) is 0 Å². The van der Waals surface area contributed by atoms with E-state index in [1.165, 1.54) is 13.0 Å². The van der Waals surface area contributed by atoms with Gasteiger partial charge in [-0.2, -0.15) is 0 Å². The maximum atomic E-state index is 10.4. The maximum absolute atomic E-state index is 10.4. The Morgan fingerprint density at radius 3 is 2.07 bits per heavy atom. The van der Waals surface area contributed by atoms with Crippen LogP contribution in [-0.2, 0) is 9.59 Å². The van der Waals surface area contributed by atoms with Crippen LogP contribution in [0.15, 0.2) is 24.3 Å². The van der Waals surface area contributed by atoms with Crippen molar-refractivity contribution in [1.29, 1.82) is 0 Å². The summed E-state index contributed by atoms with van der Waals surface area (Å²) >= 11 is 0. The summed E-state index contributed by atoms with van der Waals surface area (Å²) in [7, 11) is 0. The number of carbonyl (C=O) groups excluding carboxylic acids is 2. The highest BCUT2D eigenvalue weighted by molar-refractivity contribution is 5.91. The lowest BCUT2D eigenvalue weighted by atomic mass is 10.2. The third kappa shape index (κ3) is 15.4. The number of nitrogens with two attached hydrogens (primary N) is 1. The largest absolute Gasteiger partial charge is 0.366 e. The normalized spacial score (nSPS) is 9.93. The van der Waals surface area contributed by atoms with Crippen molar-refractivity contribution in [1.82, 2.24) is 0 Å². The Kier molecular flexibility index (Phi) is 11.5. The second-order valence-electron chi connectivity index (χ2n) is 3.21. The van der Waals surface area contributed by atoms with Crippen molar-refractivity contribution >= 4 is 11.7 Å². The van der Waals surface area contributed by atoms with Gasteiger partial charge in [0.05, 0.1) is 0 Å². The van der Waals surface area contributed by atoms with E-state index in [9.17, 15) is 9.59 Å². The van der Waals surface area contributed by atoms with Crippen LogP contribution in [0.1, 0.15) is 40.0 Å². The van der Waals surface area contributed by atoms with E-state index in [0.29, 0.717) is 5.57 Å². The zero-order valence-corrected chi connectivity index (χ0v) is 9.88. The fraction of sp³-hybridized carbons (Fsp3) is 0.500. The van der Waals surface area contributed by atoms with E-state index in [0.717, 1.165) is 19.3 Å². The van der Waals surface area contributed by atoms with Gasteiger partial charge >= 0.3 is 0 Å². The predicted molar refractivity (Wildman–Crippen MR) is 63.4 cm³/mol. The number of hydrogen-bond donors (Lipinski definition) is 1. The zero-order chi connectivity index (χ0) is 12.3. The van der Waals surface area contributed by atoms with Crippen LogP contribution in [0.5, 0.6) is 0 Å². The highest BCUT2D eigenvalue weighted by Gasteiger charge is 1.93. The number of unbranched alkanes of at least 4 members (excludes halogenated alkanes) is 2. The van der Waals surface area contributed by atoms with Crippen molar-refractivity contribution in [2.45, 2.75) is 40.0 Å². The van der Waals surface area contributed by atoms with Crippen LogP contribution in [0.2, 0.25) is 0 Å². The first-order valence-corrected chi connectivity index (χ1v) is 5.05. The fourth-order valence-electron chi connectivity index (χ4n) is 0.623. The number of ketones is 1. The Bertz CT molecular complexity index is 242. The molecule has 2 N–H and O–H groups in total. The van der Waals surface area contributed by atoms with Crippen molar-refractivity contribution < 1.29 is 9.59 Å². The first-order chi connectivity index (χ1) is 6.95. The molecular weight excluding hydrogens is 190 g/mol. The summed E-state index contributed by atoms with van der Waals surface area (Å²) in [6.45, 7) is 8.54. The molecule has 0 atom stereocenters. The number of hydrogen-bond acceptors (Lipinski definition) is 2. The lowest BCUT2D eigenvalue weighted by Gasteiger charge is -1.92. The summed E-state index contributed by atoms with van der Waals surface area (Å²) in [5.41, 5.74) is 5.69. The van der Waals surface area contributed by atoms with Crippen LogP contribution < -0.4 is 5.73 Å². The van der Waals surface area contributed by atoms with Crippen LogP contribution in [0.3, 0.4) is 0 Å². The van der Waals surface area contributed by atoms with Crippen molar-refractivity contribution in [3.63, 3.8) is 0 Å². The third-order valence-corrected chi connectivity index (χ3v) is 1.68. The topological polar surface area (TPSA) is 60.2 Å². The van der Waals surface area contributed by atoms with Gasteiger partial charge in [-0.15, -0.1) is 0 Å². The highest BCUT2D eigenvalue weighted by Crippen LogP contribution is 1.99. The quantitative estimate of drug-likeness (QED) is 0.560. The van der Waals surface area contributed by atoms with E-state index in [1.54, 1.807) is 6.92 Å². The first kappa shape index (κ1) is 16.1. The smallest absolute Gasteiger partial charge is 0.244 e. The standard InChI is InChI=1S/C8H15NO.C4H6O/c1-3-4-5-6-7(2)8(9)10;1-3-4(2)5/h6H,3-5H2,1-2H3,(H2,9,10);3H,1H2,2H3. The summed E-state index contributed by atoms with van der Waals surface area (Å²) in [4.78, 5) is 20.1. The van der Waals surface area contributed by atoms with E-state index < -0.39 is 0 Å². The number of rotatable bonds is 5. The monoisotopic (exact) mass is 211 g/mol. The second-order valence-corrected chi connectivity index (χ2v) is 3.21. The molecule has 0 aromatic carbocycles. The highest BCUT2D eigenvalue weighted by atomic mass is 16.1. The van der Waals surface area contributed by atoms with Gasteiger partial charge in [0.2, 0.25) is 5.91 Å². The van der Waals surface area contributed by atoms with Crippen LogP contribution in [0, 0.1) is 0 Å². The Morgan fingerprint density at radius 1 is 1.33 bits per heavy atom. The van der Waals surface area contributed by atoms with Crippen molar-refractivity contribution in [3.8, 4) is 0 Å². The lowest BCUT2D eigenvalue weighted by molar-refractivity contribution is -0.114. The van der Waals surface area contributed by atoms with Gasteiger partial charge in [-0.3, -0.25) is 9.59 Å². The lowest BCUT2D eigenvalue weighted by Crippen LogP contribution is -2.11. The summed E-state index contributed by atoms with van der Waals surface area (Å²) in [6, 6.07) is 0. The van der Waals surface area contributed by atoms with Gasteiger partial charge in [-0.1, -0.05) is 32.4 Å². The molecule has 1 amide bonds. The fourth-order valence-corrected chi connectivity index (χ4v) is 0.623. The van der Waals surface area contributed by atoms with E-state index >= 15 is 0 Å². The molecule has 0 aliphatic rings. The maximum Gasteiger partial charge on any atom is 0.244 e. The molecule has 0 aromatic rings. The van der Waals surface area contributed by atoms with Gasteiger partial charge in [0, 0.05) is 5.57 Å². The van der Waals surface area contributed by atoms with Crippen LogP contribution in [0.4, 0.5) is 0 Å². The van der Waals surface area contributed by atoms with E-state index in [4.69, 9.17) is 5.73 Å². The first-order valence-electron chi connectivity index (χ1n) is 5.05. The molecular formula is C12H21NO2. The molecule has 0 heterocycles. The van der Waals surface area contributed by atoms with Crippen molar-refractivity contribution in [3.05, 3.63) is 24.3 Å². The Labute approximate surface area is 92.0 Å². The number of allylic oxidation sites excluding steroid dienone is 2. The second kappa shape index (κ2) is 10.7. The molecule has 0 aliphatic carbocycles. The average Bonchev–Trinajstić information content (AvgIpc) is 2.18. The molecule has 3 nitrogen and oxygen atoms in total. The third-order valence-electron chi connectivity index (χ3n) is 1.68. The van der Waals surface area contributed by atoms with E-state index in [1.807, 2.05) is 6.08 Å². The Balaban J connectivity index is 0. The number of primary amides is 1. The van der Waals surface area contributed by atoms with Crippen LogP contribution >= 0.6 is 0 Å². The summed E-state index contributed by atoms with van der Waals surface area (Å²) in [6.07, 6.45) is 6.42. The van der Waals surface area contributed by atoms with Crippen molar-refractivity contribution in [2.24, 2.45) is 5.73 Å². The molecule has 3 heteroatoms. The van der Waals surface area contributed by atoms with Gasteiger partial charge < -0.3 is 5.73 Å². The average molecular weight is 211 g/mol. The van der Waals surface area contributed by atoms with Gasteiger partial charge in [-0.05, 0) is 26.3 Å². The minimum Gasteiger partial charge on any atom is -0.366 e. The summed E-state index contributed by atoms with van der Waals surface area (Å²) in [5.74, 6) is -0.291. The molecule has 0 fully saturated rings. The molecule has 0 unspecified atom stereocenters. The minimum absolute atomic E-state index is 0.0185. The number of amides is 1. The SMILES string of the molecule is C=CC(C)=O.CCCCC=C(C)C(N)=O. The Morgan fingerprint density at radius 2 is 1.80 bits per heavy atom.